The molecule has 0 aliphatic carbocycles. The van der Waals surface area contributed by atoms with Crippen LogP contribution in [-0.4, -0.2) is 65.3 Å². The predicted molar refractivity (Wildman–Crippen MR) is 94.9 cm³/mol. The van der Waals surface area contributed by atoms with Gasteiger partial charge in [0.2, 0.25) is 11.8 Å². The van der Waals surface area contributed by atoms with Crippen LogP contribution in [0.4, 0.5) is 0 Å². The Morgan fingerprint density at radius 2 is 1.92 bits per heavy atom. The first-order valence-corrected chi connectivity index (χ1v) is 9.26. The molecule has 1 aromatic rings. The van der Waals surface area contributed by atoms with Gasteiger partial charge >= 0.3 is 0 Å². The van der Waals surface area contributed by atoms with E-state index in [1.54, 1.807) is 11.8 Å². The number of nitrogens with zero attached hydrogens (tertiary/aromatic N) is 3. The minimum absolute atomic E-state index is 0.105. The first kappa shape index (κ1) is 18.0. The van der Waals surface area contributed by atoms with Crippen LogP contribution in [0.15, 0.2) is 16.5 Å². The van der Waals surface area contributed by atoms with Crippen LogP contribution in [0.5, 0.6) is 0 Å². The lowest BCUT2D eigenvalue weighted by Gasteiger charge is -2.34. The Morgan fingerprint density at radius 1 is 1.20 bits per heavy atom. The Hall–Kier alpha value is -1.82. The molecule has 3 rings (SSSR count). The number of carbonyl (C=O) groups excluding carboxylic acids is 2. The van der Waals surface area contributed by atoms with Crippen LogP contribution >= 0.6 is 0 Å². The molecule has 2 atom stereocenters. The number of carbonyl (C=O) groups is 2. The summed E-state index contributed by atoms with van der Waals surface area (Å²) in [4.78, 5) is 30.5. The van der Waals surface area contributed by atoms with Crippen molar-refractivity contribution in [3.63, 3.8) is 0 Å². The number of hydrogen-bond donors (Lipinski definition) is 0. The van der Waals surface area contributed by atoms with E-state index in [0.717, 1.165) is 50.3 Å². The van der Waals surface area contributed by atoms with Crippen molar-refractivity contribution in [3.8, 4) is 0 Å². The van der Waals surface area contributed by atoms with Crippen molar-refractivity contribution in [1.82, 2.24) is 14.7 Å². The summed E-state index contributed by atoms with van der Waals surface area (Å²) in [6, 6.07) is 4.42. The van der Waals surface area contributed by atoms with Crippen molar-refractivity contribution < 1.29 is 14.0 Å². The molecule has 6 heteroatoms. The third-order valence-electron chi connectivity index (χ3n) is 5.52. The molecule has 0 radical (unpaired) electrons. The fourth-order valence-electron chi connectivity index (χ4n) is 4.25. The highest BCUT2D eigenvalue weighted by atomic mass is 16.3. The summed E-state index contributed by atoms with van der Waals surface area (Å²) in [7, 11) is 1.82. The average Bonchev–Trinajstić information content (AvgIpc) is 3.27. The molecule has 2 aliphatic rings. The number of amides is 2. The molecule has 0 aromatic carbocycles. The third kappa shape index (κ3) is 4.06. The maximum atomic E-state index is 12.6. The largest absolute Gasteiger partial charge is 0.464 e. The fourth-order valence-corrected chi connectivity index (χ4v) is 4.25. The number of likely N-dealkylation sites (tertiary alicyclic amines) is 2. The van der Waals surface area contributed by atoms with Crippen LogP contribution < -0.4 is 0 Å². The zero-order valence-corrected chi connectivity index (χ0v) is 15.5. The zero-order chi connectivity index (χ0) is 18.0. The zero-order valence-electron chi connectivity index (χ0n) is 15.5. The Kier molecular flexibility index (Phi) is 5.47. The Bertz CT molecular complexity index is 627. The van der Waals surface area contributed by atoms with Gasteiger partial charge in [0.15, 0.2) is 0 Å². The SMILES string of the molecule is CC(=O)N1CCC[C@H]1[C@@H]1CCCN1CC(=O)N(C)Cc1ccc(C)o1. The maximum absolute atomic E-state index is 12.6. The van der Waals surface area contributed by atoms with Crippen LogP contribution in [0.3, 0.4) is 0 Å². The van der Waals surface area contributed by atoms with Gasteiger partial charge in [0.1, 0.15) is 11.5 Å². The molecule has 25 heavy (non-hydrogen) atoms. The van der Waals surface area contributed by atoms with Gasteiger partial charge in [-0.3, -0.25) is 14.5 Å². The summed E-state index contributed by atoms with van der Waals surface area (Å²) < 4.78 is 5.57. The molecule has 2 aliphatic heterocycles. The molecular weight excluding hydrogens is 318 g/mol. The second kappa shape index (κ2) is 7.60. The van der Waals surface area contributed by atoms with Crippen LogP contribution in [0, 0.1) is 6.92 Å². The second-order valence-electron chi connectivity index (χ2n) is 7.36. The van der Waals surface area contributed by atoms with Crippen molar-refractivity contribution in [2.45, 2.75) is 58.2 Å². The van der Waals surface area contributed by atoms with E-state index in [0.29, 0.717) is 19.1 Å². The smallest absolute Gasteiger partial charge is 0.236 e. The van der Waals surface area contributed by atoms with E-state index in [4.69, 9.17) is 4.42 Å². The summed E-state index contributed by atoms with van der Waals surface area (Å²) in [5.41, 5.74) is 0. The Morgan fingerprint density at radius 3 is 2.60 bits per heavy atom. The molecule has 0 N–H and O–H groups in total. The van der Waals surface area contributed by atoms with Crippen molar-refractivity contribution in [1.29, 1.82) is 0 Å². The lowest BCUT2D eigenvalue weighted by molar-refractivity contribution is -0.133. The molecule has 2 saturated heterocycles. The number of furan rings is 1. The van der Waals surface area contributed by atoms with Crippen LogP contribution in [0.2, 0.25) is 0 Å². The highest BCUT2D eigenvalue weighted by molar-refractivity contribution is 5.78. The number of rotatable bonds is 5. The lowest BCUT2D eigenvalue weighted by atomic mass is 10.0. The molecule has 0 unspecified atom stereocenters. The van der Waals surface area contributed by atoms with E-state index in [-0.39, 0.29) is 17.9 Å². The summed E-state index contributed by atoms with van der Waals surface area (Å²) in [5, 5.41) is 0. The second-order valence-corrected chi connectivity index (χ2v) is 7.36. The molecule has 0 bridgehead atoms. The molecule has 3 heterocycles. The first-order chi connectivity index (χ1) is 12.0. The van der Waals surface area contributed by atoms with Gasteiger partial charge in [-0.25, -0.2) is 0 Å². The van der Waals surface area contributed by atoms with Crippen LogP contribution in [0.1, 0.15) is 44.1 Å². The van der Waals surface area contributed by atoms with E-state index < -0.39 is 0 Å². The number of aryl methyl sites for hydroxylation is 1. The van der Waals surface area contributed by atoms with Crippen LogP contribution in [-0.2, 0) is 16.1 Å². The Labute approximate surface area is 149 Å². The van der Waals surface area contributed by atoms with Gasteiger partial charge in [0, 0.05) is 32.6 Å². The van der Waals surface area contributed by atoms with Crippen LogP contribution in [0.25, 0.3) is 0 Å². The van der Waals surface area contributed by atoms with Crippen molar-refractivity contribution in [3.05, 3.63) is 23.7 Å². The van der Waals surface area contributed by atoms with Gasteiger partial charge in [0.25, 0.3) is 0 Å². The maximum Gasteiger partial charge on any atom is 0.236 e. The standard InChI is InChI=1S/C19H29N3O3/c1-14-8-9-16(25-14)12-20(3)19(24)13-21-10-4-6-17(21)18-7-5-11-22(18)15(2)23/h8-9,17-18H,4-7,10-13H2,1-3H3/t17-,18-/m0/s1. The molecular formula is C19H29N3O3. The molecule has 138 valence electrons. The van der Waals surface area contributed by atoms with Gasteiger partial charge in [-0.15, -0.1) is 0 Å². The van der Waals surface area contributed by atoms with Gasteiger partial charge in [0.05, 0.1) is 13.1 Å². The quantitative estimate of drug-likeness (QED) is 0.818. The average molecular weight is 347 g/mol. The van der Waals surface area contributed by atoms with E-state index in [2.05, 4.69) is 4.90 Å². The number of hydrogen-bond acceptors (Lipinski definition) is 4. The highest BCUT2D eigenvalue weighted by Gasteiger charge is 2.39. The lowest BCUT2D eigenvalue weighted by Crippen LogP contribution is -2.50. The minimum atomic E-state index is 0.105. The fraction of sp³-hybridized carbons (Fsp3) is 0.684. The van der Waals surface area contributed by atoms with E-state index in [9.17, 15) is 9.59 Å². The molecule has 6 nitrogen and oxygen atoms in total. The van der Waals surface area contributed by atoms with Crippen molar-refractivity contribution >= 4 is 11.8 Å². The molecule has 2 amide bonds. The summed E-state index contributed by atoms with van der Waals surface area (Å²) in [5.74, 6) is 1.94. The number of likely N-dealkylation sites (N-methyl/N-ethyl adjacent to an activating group) is 1. The summed E-state index contributed by atoms with van der Waals surface area (Å²) in [6.07, 6.45) is 4.29. The molecule has 1 aromatic heterocycles. The molecule has 0 saturated carbocycles. The van der Waals surface area contributed by atoms with E-state index in [1.807, 2.05) is 31.0 Å². The minimum Gasteiger partial charge on any atom is -0.464 e. The normalized spacial score (nSPS) is 24.0. The van der Waals surface area contributed by atoms with E-state index >= 15 is 0 Å². The Balaban J connectivity index is 1.59. The van der Waals surface area contributed by atoms with Gasteiger partial charge in [-0.2, -0.15) is 0 Å². The topological polar surface area (TPSA) is 57.0 Å². The monoisotopic (exact) mass is 347 g/mol. The van der Waals surface area contributed by atoms with E-state index in [1.165, 1.54) is 0 Å². The summed E-state index contributed by atoms with van der Waals surface area (Å²) in [6.45, 7) is 6.27. The third-order valence-corrected chi connectivity index (χ3v) is 5.52. The van der Waals surface area contributed by atoms with Gasteiger partial charge < -0.3 is 14.2 Å². The highest BCUT2D eigenvalue weighted by Crippen LogP contribution is 2.30. The molecule has 0 spiro atoms. The summed E-state index contributed by atoms with van der Waals surface area (Å²) >= 11 is 0. The first-order valence-electron chi connectivity index (χ1n) is 9.26. The van der Waals surface area contributed by atoms with Crippen molar-refractivity contribution in [2.75, 3.05) is 26.7 Å². The van der Waals surface area contributed by atoms with Gasteiger partial charge in [-0.1, -0.05) is 0 Å². The van der Waals surface area contributed by atoms with Crippen molar-refractivity contribution in [2.24, 2.45) is 0 Å². The van der Waals surface area contributed by atoms with Gasteiger partial charge in [-0.05, 0) is 51.3 Å². The molecule has 2 fully saturated rings. The predicted octanol–water partition coefficient (Wildman–Crippen LogP) is 2.02.